The topological polar surface area (TPSA) is 81.1 Å². The molecule has 3 aromatic heterocycles. The Morgan fingerprint density at radius 1 is 1.39 bits per heavy atom. The lowest BCUT2D eigenvalue weighted by Crippen LogP contribution is -2.31. The van der Waals surface area contributed by atoms with E-state index in [0.29, 0.717) is 12.2 Å². The summed E-state index contributed by atoms with van der Waals surface area (Å²) >= 11 is 1.61. The van der Waals surface area contributed by atoms with Crippen LogP contribution < -0.4 is 11.3 Å². The molecule has 1 atom stereocenters. The number of hydrogen-bond donors (Lipinski definition) is 2. The molecule has 0 bridgehead atoms. The Labute approximate surface area is 107 Å². The fourth-order valence-electron chi connectivity index (χ4n) is 1.80. The molecular formula is C11H12N6S. The molecular weight excluding hydrogens is 248 g/mol. The van der Waals surface area contributed by atoms with Gasteiger partial charge in [-0.3, -0.25) is 10.2 Å². The van der Waals surface area contributed by atoms with Gasteiger partial charge in [0.05, 0.1) is 11.7 Å². The predicted octanol–water partition coefficient (Wildman–Crippen LogP) is 0.933. The van der Waals surface area contributed by atoms with Gasteiger partial charge >= 0.3 is 0 Å². The Balaban J connectivity index is 1.84. The van der Waals surface area contributed by atoms with E-state index in [2.05, 4.69) is 20.4 Å². The third kappa shape index (κ3) is 2.10. The van der Waals surface area contributed by atoms with Gasteiger partial charge in [0, 0.05) is 36.6 Å². The van der Waals surface area contributed by atoms with Crippen molar-refractivity contribution in [1.29, 1.82) is 0 Å². The van der Waals surface area contributed by atoms with Crippen LogP contribution in [0.4, 0.5) is 0 Å². The zero-order valence-corrected chi connectivity index (χ0v) is 10.3. The quantitative estimate of drug-likeness (QED) is 0.539. The van der Waals surface area contributed by atoms with Crippen LogP contribution in [0.2, 0.25) is 0 Å². The van der Waals surface area contributed by atoms with Gasteiger partial charge in [0.2, 0.25) is 0 Å². The van der Waals surface area contributed by atoms with Gasteiger partial charge in [-0.05, 0) is 6.07 Å². The first-order valence-electron chi connectivity index (χ1n) is 5.51. The molecule has 3 heterocycles. The lowest BCUT2D eigenvalue weighted by atomic mass is 10.1. The number of rotatable bonds is 4. The zero-order chi connectivity index (χ0) is 12.4. The number of thiazole rings is 1. The van der Waals surface area contributed by atoms with E-state index in [0.717, 1.165) is 10.7 Å². The maximum atomic E-state index is 5.56. The molecule has 1 unspecified atom stereocenters. The minimum atomic E-state index is -0.129. The van der Waals surface area contributed by atoms with Gasteiger partial charge in [-0.15, -0.1) is 11.3 Å². The first-order valence-corrected chi connectivity index (χ1v) is 6.39. The van der Waals surface area contributed by atoms with Crippen molar-refractivity contribution < 1.29 is 0 Å². The fourth-order valence-corrected chi connectivity index (χ4v) is 2.52. The predicted molar refractivity (Wildman–Crippen MR) is 68.9 cm³/mol. The molecule has 0 spiro atoms. The smallest absolute Gasteiger partial charge is 0.193 e. The summed E-state index contributed by atoms with van der Waals surface area (Å²) in [6.45, 7) is 0. The summed E-state index contributed by atoms with van der Waals surface area (Å²) in [5.74, 6) is 6.24. The van der Waals surface area contributed by atoms with E-state index in [9.17, 15) is 0 Å². The molecule has 3 rings (SSSR count). The maximum Gasteiger partial charge on any atom is 0.193 e. The average molecular weight is 260 g/mol. The highest BCUT2D eigenvalue weighted by Crippen LogP contribution is 2.16. The van der Waals surface area contributed by atoms with Crippen molar-refractivity contribution in [3.05, 3.63) is 47.8 Å². The molecule has 0 aromatic carbocycles. The van der Waals surface area contributed by atoms with Crippen LogP contribution in [0.25, 0.3) is 4.96 Å². The molecule has 3 aromatic rings. The number of hydrazine groups is 1. The standard InChI is InChI=1S/C11H12N6S/c12-16-9(10-13-2-1-3-14-10)6-8-7-17-4-5-18-11(17)15-8/h1-5,7,9,16H,6,12H2. The van der Waals surface area contributed by atoms with Crippen LogP contribution in [0, 0.1) is 0 Å². The van der Waals surface area contributed by atoms with Crippen LogP contribution in [-0.2, 0) is 6.42 Å². The molecule has 0 saturated carbocycles. The summed E-state index contributed by atoms with van der Waals surface area (Å²) in [5.41, 5.74) is 3.70. The van der Waals surface area contributed by atoms with Crippen LogP contribution in [0.15, 0.2) is 36.2 Å². The highest BCUT2D eigenvalue weighted by molar-refractivity contribution is 7.15. The molecule has 0 saturated heterocycles. The second kappa shape index (κ2) is 4.81. The normalized spacial score (nSPS) is 12.9. The van der Waals surface area contributed by atoms with E-state index < -0.39 is 0 Å². The summed E-state index contributed by atoms with van der Waals surface area (Å²) in [6, 6.07) is 1.65. The largest absolute Gasteiger partial charge is 0.297 e. The minimum absolute atomic E-state index is 0.129. The van der Waals surface area contributed by atoms with E-state index in [1.807, 2.05) is 22.2 Å². The molecule has 0 aliphatic rings. The van der Waals surface area contributed by atoms with Crippen molar-refractivity contribution in [2.75, 3.05) is 0 Å². The Hall–Kier alpha value is -1.83. The van der Waals surface area contributed by atoms with Crippen molar-refractivity contribution >= 4 is 16.3 Å². The van der Waals surface area contributed by atoms with Crippen LogP contribution >= 0.6 is 11.3 Å². The van der Waals surface area contributed by atoms with Crippen molar-refractivity contribution in [1.82, 2.24) is 24.8 Å². The van der Waals surface area contributed by atoms with E-state index in [4.69, 9.17) is 5.84 Å². The van der Waals surface area contributed by atoms with Gasteiger partial charge in [0.25, 0.3) is 0 Å². The highest BCUT2D eigenvalue weighted by atomic mass is 32.1. The SMILES string of the molecule is NNC(Cc1cn2ccsc2n1)c1ncccn1. The van der Waals surface area contributed by atoms with E-state index in [-0.39, 0.29) is 6.04 Å². The molecule has 18 heavy (non-hydrogen) atoms. The molecule has 0 fully saturated rings. The third-order valence-corrected chi connectivity index (χ3v) is 3.43. The van der Waals surface area contributed by atoms with Crippen molar-refractivity contribution in [2.24, 2.45) is 5.84 Å². The molecule has 0 aliphatic heterocycles. The average Bonchev–Trinajstić information content (AvgIpc) is 2.97. The van der Waals surface area contributed by atoms with Crippen LogP contribution in [0.5, 0.6) is 0 Å². The van der Waals surface area contributed by atoms with E-state index in [1.54, 1.807) is 29.8 Å². The summed E-state index contributed by atoms with van der Waals surface area (Å²) in [6.07, 6.45) is 8.06. The van der Waals surface area contributed by atoms with Crippen molar-refractivity contribution in [2.45, 2.75) is 12.5 Å². The van der Waals surface area contributed by atoms with E-state index >= 15 is 0 Å². The number of hydrogen-bond acceptors (Lipinski definition) is 6. The van der Waals surface area contributed by atoms with Crippen molar-refractivity contribution in [3.8, 4) is 0 Å². The molecule has 6 nitrogen and oxygen atoms in total. The lowest BCUT2D eigenvalue weighted by Gasteiger charge is -2.12. The summed E-state index contributed by atoms with van der Waals surface area (Å²) in [4.78, 5) is 13.9. The fraction of sp³-hybridized carbons (Fsp3) is 0.182. The van der Waals surface area contributed by atoms with Gasteiger partial charge in [-0.1, -0.05) is 0 Å². The van der Waals surface area contributed by atoms with E-state index in [1.165, 1.54) is 0 Å². The first kappa shape index (κ1) is 11.3. The molecule has 92 valence electrons. The van der Waals surface area contributed by atoms with Crippen LogP contribution in [0.3, 0.4) is 0 Å². The lowest BCUT2D eigenvalue weighted by molar-refractivity contribution is 0.518. The van der Waals surface area contributed by atoms with Gasteiger partial charge in [0.15, 0.2) is 4.96 Å². The molecule has 0 aliphatic carbocycles. The van der Waals surface area contributed by atoms with Gasteiger partial charge in [-0.25, -0.2) is 20.4 Å². The molecule has 0 amide bonds. The Bertz CT molecular complexity index is 603. The number of aromatic nitrogens is 4. The number of fused-ring (bicyclic) bond motifs is 1. The van der Waals surface area contributed by atoms with Crippen LogP contribution in [0.1, 0.15) is 17.6 Å². The zero-order valence-electron chi connectivity index (χ0n) is 9.52. The number of nitrogens with zero attached hydrogens (tertiary/aromatic N) is 4. The monoisotopic (exact) mass is 260 g/mol. The number of nitrogens with two attached hydrogens (primary N) is 1. The van der Waals surface area contributed by atoms with Gasteiger partial charge in [0.1, 0.15) is 5.82 Å². The highest BCUT2D eigenvalue weighted by Gasteiger charge is 2.15. The summed E-state index contributed by atoms with van der Waals surface area (Å²) < 4.78 is 2.00. The summed E-state index contributed by atoms with van der Waals surface area (Å²) in [7, 11) is 0. The minimum Gasteiger partial charge on any atom is -0.297 e. The number of nitrogens with one attached hydrogen (secondary N) is 1. The van der Waals surface area contributed by atoms with Gasteiger partial charge < -0.3 is 0 Å². The third-order valence-electron chi connectivity index (χ3n) is 2.66. The second-order valence-electron chi connectivity index (χ2n) is 3.86. The second-order valence-corrected chi connectivity index (χ2v) is 4.73. The first-order chi connectivity index (χ1) is 8.86. The Morgan fingerprint density at radius 2 is 2.22 bits per heavy atom. The maximum absolute atomic E-state index is 5.56. The molecule has 7 heteroatoms. The summed E-state index contributed by atoms with van der Waals surface area (Å²) in [5, 5.41) is 2.01. The molecule has 3 N–H and O–H groups in total. The Morgan fingerprint density at radius 3 is 2.94 bits per heavy atom. The number of imidazole rings is 1. The van der Waals surface area contributed by atoms with Crippen LogP contribution in [-0.4, -0.2) is 19.4 Å². The van der Waals surface area contributed by atoms with Crippen molar-refractivity contribution in [3.63, 3.8) is 0 Å². The molecule has 0 radical (unpaired) electrons. The van der Waals surface area contributed by atoms with Gasteiger partial charge in [-0.2, -0.15) is 0 Å². The Kier molecular flexibility index (Phi) is 3.01.